The van der Waals surface area contributed by atoms with Crippen LogP contribution in [0, 0.1) is 12.7 Å². The number of halogens is 1. The van der Waals surface area contributed by atoms with Crippen LogP contribution in [0.4, 0.5) is 4.39 Å². The molecule has 2 unspecified atom stereocenters. The van der Waals surface area contributed by atoms with Crippen LogP contribution in [-0.4, -0.2) is 17.8 Å². The molecule has 2 nitrogen and oxygen atoms in total. The second kappa shape index (κ2) is 5.61. The first-order chi connectivity index (χ1) is 8.16. The molecule has 1 fully saturated rings. The van der Waals surface area contributed by atoms with Gasteiger partial charge in [0.25, 0.3) is 0 Å². The van der Waals surface area contributed by atoms with Gasteiger partial charge in [-0.05, 0) is 49.4 Å². The van der Waals surface area contributed by atoms with Gasteiger partial charge in [-0.3, -0.25) is 0 Å². The van der Waals surface area contributed by atoms with Crippen molar-refractivity contribution in [2.45, 2.75) is 44.8 Å². The number of benzene rings is 1. The summed E-state index contributed by atoms with van der Waals surface area (Å²) in [5.74, 6) is -0.257. The van der Waals surface area contributed by atoms with Crippen LogP contribution in [0.25, 0.3) is 0 Å². The second-order valence-electron chi connectivity index (χ2n) is 4.74. The summed E-state index contributed by atoms with van der Waals surface area (Å²) in [6.45, 7) is 2.61. The summed E-state index contributed by atoms with van der Waals surface area (Å²) in [7, 11) is 0. The van der Waals surface area contributed by atoms with E-state index < -0.39 is 6.10 Å². The van der Waals surface area contributed by atoms with Crippen LogP contribution < -0.4 is 0 Å². The fourth-order valence-corrected chi connectivity index (χ4v) is 2.38. The van der Waals surface area contributed by atoms with Gasteiger partial charge in [0.05, 0.1) is 12.2 Å². The maximum atomic E-state index is 13.0. The third-order valence-corrected chi connectivity index (χ3v) is 3.35. The zero-order chi connectivity index (χ0) is 12.3. The Balaban J connectivity index is 2.00. The van der Waals surface area contributed by atoms with E-state index in [4.69, 9.17) is 4.74 Å². The fourth-order valence-electron chi connectivity index (χ4n) is 2.38. The van der Waals surface area contributed by atoms with Gasteiger partial charge in [0.1, 0.15) is 5.82 Å². The van der Waals surface area contributed by atoms with Gasteiger partial charge in [-0.2, -0.15) is 0 Å². The lowest BCUT2D eigenvalue weighted by Gasteiger charge is -2.25. The molecular weight excluding hydrogens is 219 g/mol. The molecule has 0 spiro atoms. The van der Waals surface area contributed by atoms with Crippen LogP contribution in [0.15, 0.2) is 18.2 Å². The predicted octanol–water partition coefficient (Wildman–Crippen LogP) is 3.13. The molecule has 1 heterocycles. The van der Waals surface area contributed by atoms with E-state index in [0.717, 1.165) is 30.6 Å². The van der Waals surface area contributed by atoms with Gasteiger partial charge in [-0.25, -0.2) is 4.39 Å². The molecule has 1 N–H and O–H groups in total. The highest BCUT2D eigenvalue weighted by atomic mass is 19.1. The molecule has 1 aliphatic heterocycles. The van der Waals surface area contributed by atoms with Gasteiger partial charge in [0.2, 0.25) is 0 Å². The van der Waals surface area contributed by atoms with E-state index in [1.165, 1.54) is 18.6 Å². The smallest absolute Gasteiger partial charge is 0.123 e. The van der Waals surface area contributed by atoms with Crippen molar-refractivity contribution in [3.63, 3.8) is 0 Å². The first-order valence-corrected chi connectivity index (χ1v) is 6.22. The van der Waals surface area contributed by atoms with Crippen LogP contribution in [0.2, 0.25) is 0 Å². The van der Waals surface area contributed by atoms with E-state index >= 15 is 0 Å². The minimum absolute atomic E-state index is 0.142. The Morgan fingerprint density at radius 2 is 2.29 bits per heavy atom. The lowest BCUT2D eigenvalue weighted by atomic mass is 9.96. The molecule has 1 aromatic rings. The number of ether oxygens (including phenoxy) is 1. The molecule has 0 saturated carbocycles. The van der Waals surface area contributed by atoms with Crippen LogP contribution >= 0.6 is 0 Å². The van der Waals surface area contributed by atoms with Crippen LogP contribution in [0.3, 0.4) is 0 Å². The largest absolute Gasteiger partial charge is 0.388 e. The molecule has 1 aliphatic rings. The van der Waals surface area contributed by atoms with E-state index in [-0.39, 0.29) is 11.9 Å². The Labute approximate surface area is 101 Å². The molecule has 0 amide bonds. The van der Waals surface area contributed by atoms with Gasteiger partial charge in [-0.1, -0.05) is 6.07 Å². The van der Waals surface area contributed by atoms with Crippen molar-refractivity contribution in [3.8, 4) is 0 Å². The molecule has 1 aromatic carbocycles. The van der Waals surface area contributed by atoms with Crippen LogP contribution in [0.5, 0.6) is 0 Å². The Morgan fingerprint density at radius 3 is 2.94 bits per heavy atom. The minimum Gasteiger partial charge on any atom is -0.388 e. The van der Waals surface area contributed by atoms with Crippen molar-refractivity contribution in [2.24, 2.45) is 0 Å². The summed E-state index contributed by atoms with van der Waals surface area (Å²) in [6.07, 6.45) is 3.48. The van der Waals surface area contributed by atoms with Crippen molar-refractivity contribution in [1.29, 1.82) is 0 Å². The average Bonchev–Trinajstić information content (AvgIpc) is 2.30. The normalized spacial score (nSPS) is 22.4. The highest BCUT2D eigenvalue weighted by Crippen LogP contribution is 2.26. The zero-order valence-electron chi connectivity index (χ0n) is 10.2. The Kier molecular flexibility index (Phi) is 4.13. The monoisotopic (exact) mass is 238 g/mol. The van der Waals surface area contributed by atoms with Gasteiger partial charge in [-0.15, -0.1) is 0 Å². The van der Waals surface area contributed by atoms with Gasteiger partial charge >= 0.3 is 0 Å². The fraction of sp³-hybridized carbons (Fsp3) is 0.571. The maximum absolute atomic E-state index is 13.0. The summed E-state index contributed by atoms with van der Waals surface area (Å²) >= 11 is 0. The highest BCUT2D eigenvalue weighted by Gasteiger charge is 2.20. The lowest BCUT2D eigenvalue weighted by Crippen LogP contribution is -2.21. The highest BCUT2D eigenvalue weighted by molar-refractivity contribution is 5.28. The first kappa shape index (κ1) is 12.5. The van der Waals surface area contributed by atoms with Crippen molar-refractivity contribution in [2.75, 3.05) is 6.61 Å². The third-order valence-electron chi connectivity index (χ3n) is 3.35. The van der Waals surface area contributed by atoms with Gasteiger partial charge in [0, 0.05) is 13.0 Å². The number of hydrogen-bond donors (Lipinski definition) is 1. The van der Waals surface area contributed by atoms with Crippen molar-refractivity contribution < 1.29 is 14.2 Å². The molecule has 2 atom stereocenters. The third kappa shape index (κ3) is 3.27. The summed E-state index contributed by atoms with van der Waals surface area (Å²) in [4.78, 5) is 0. The second-order valence-corrected chi connectivity index (χ2v) is 4.74. The van der Waals surface area contributed by atoms with Crippen molar-refractivity contribution >= 4 is 0 Å². The predicted molar refractivity (Wildman–Crippen MR) is 64.3 cm³/mol. The molecule has 2 rings (SSSR count). The SMILES string of the molecule is Cc1cc(F)ccc1C(O)CC1CCCCO1. The summed E-state index contributed by atoms with van der Waals surface area (Å²) in [5, 5.41) is 10.1. The lowest BCUT2D eigenvalue weighted by molar-refractivity contribution is -0.0156. The minimum atomic E-state index is -0.557. The molecule has 3 heteroatoms. The van der Waals surface area contributed by atoms with E-state index in [9.17, 15) is 9.50 Å². The molecule has 0 bridgehead atoms. The van der Waals surface area contributed by atoms with Crippen LogP contribution in [-0.2, 0) is 4.74 Å². The number of aryl methyl sites for hydroxylation is 1. The number of hydrogen-bond acceptors (Lipinski definition) is 2. The topological polar surface area (TPSA) is 29.5 Å². The Hall–Kier alpha value is -0.930. The van der Waals surface area contributed by atoms with E-state index in [1.54, 1.807) is 6.07 Å². The van der Waals surface area contributed by atoms with E-state index in [0.29, 0.717) is 6.42 Å². The number of aliphatic hydroxyl groups is 1. The average molecular weight is 238 g/mol. The molecule has 94 valence electrons. The molecule has 0 aliphatic carbocycles. The summed E-state index contributed by atoms with van der Waals surface area (Å²) in [5.41, 5.74) is 1.61. The van der Waals surface area contributed by atoms with Gasteiger partial charge < -0.3 is 9.84 Å². The molecule has 1 saturated heterocycles. The van der Waals surface area contributed by atoms with E-state index in [2.05, 4.69) is 0 Å². The Morgan fingerprint density at radius 1 is 1.47 bits per heavy atom. The summed E-state index contributed by atoms with van der Waals surface area (Å²) in [6, 6.07) is 4.52. The first-order valence-electron chi connectivity index (χ1n) is 6.22. The molecule has 0 radical (unpaired) electrons. The molecule has 17 heavy (non-hydrogen) atoms. The standard InChI is InChI=1S/C14H19FO2/c1-10-8-11(15)5-6-13(10)14(16)9-12-4-2-3-7-17-12/h5-6,8,12,14,16H,2-4,7,9H2,1H3. The summed E-state index contributed by atoms with van der Waals surface area (Å²) < 4.78 is 18.6. The quantitative estimate of drug-likeness (QED) is 0.876. The van der Waals surface area contributed by atoms with Crippen molar-refractivity contribution in [1.82, 2.24) is 0 Å². The molecular formula is C14H19FO2. The van der Waals surface area contributed by atoms with Crippen molar-refractivity contribution in [3.05, 3.63) is 35.1 Å². The Bertz CT molecular complexity index is 372. The number of rotatable bonds is 3. The van der Waals surface area contributed by atoms with Gasteiger partial charge in [0.15, 0.2) is 0 Å². The maximum Gasteiger partial charge on any atom is 0.123 e. The number of aliphatic hydroxyl groups excluding tert-OH is 1. The van der Waals surface area contributed by atoms with Crippen LogP contribution in [0.1, 0.15) is 42.9 Å². The van der Waals surface area contributed by atoms with E-state index in [1.807, 2.05) is 6.92 Å². The zero-order valence-corrected chi connectivity index (χ0v) is 10.2. The molecule has 0 aromatic heterocycles.